The third kappa shape index (κ3) is 8.46. The number of rotatable bonds is 13. The van der Waals surface area contributed by atoms with Crippen LogP contribution in [0.15, 0.2) is 95.9 Å². The van der Waals surface area contributed by atoms with Crippen LogP contribution in [-0.2, 0) is 22.6 Å². The number of carbonyl (C=O) groups excluding carboxylic acids is 1. The molecule has 0 amide bonds. The van der Waals surface area contributed by atoms with Crippen LogP contribution in [0.25, 0.3) is 0 Å². The molecule has 44 heavy (non-hydrogen) atoms. The summed E-state index contributed by atoms with van der Waals surface area (Å²) in [6.45, 7) is 0.940. The summed E-state index contributed by atoms with van der Waals surface area (Å²) in [7, 11) is -3.91. The molecule has 5 nitrogen and oxygen atoms in total. The zero-order chi connectivity index (χ0) is 31.9. The molecular formula is C33H30ClF4NO4S. The van der Waals surface area contributed by atoms with Crippen molar-refractivity contribution < 1.29 is 35.5 Å². The molecule has 0 fully saturated rings. The SMILES string of the molecule is CS(=O)(=O)c1cc(OCCCN(Cc2cccc(C(F)(F)F)c2Cl)CC(c2ccccc2)c2ccccc2)cc(F)c1C=O. The quantitative estimate of drug-likeness (QED) is 0.0841. The van der Waals surface area contributed by atoms with E-state index in [9.17, 15) is 30.8 Å². The van der Waals surface area contributed by atoms with Crippen LogP contribution in [0, 0.1) is 5.82 Å². The van der Waals surface area contributed by atoms with Crippen molar-refractivity contribution in [3.8, 4) is 5.75 Å². The van der Waals surface area contributed by atoms with Gasteiger partial charge < -0.3 is 4.74 Å². The van der Waals surface area contributed by atoms with Crippen molar-refractivity contribution >= 4 is 27.7 Å². The highest BCUT2D eigenvalue weighted by Gasteiger charge is 2.34. The van der Waals surface area contributed by atoms with Crippen LogP contribution in [0.5, 0.6) is 5.75 Å². The first kappa shape index (κ1) is 33.2. The number of ether oxygens (including phenoxy) is 1. The Bertz CT molecular complexity index is 1640. The maximum Gasteiger partial charge on any atom is 0.417 e. The highest BCUT2D eigenvalue weighted by atomic mass is 35.5. The molecule has 232 valence electrons. The number of carbonyl (C=O) groups is 1. The molecule has 0 aliphatic rings. The molecule has 0 bridgehead atoms. The van der Waals surface area contributed by atoms with Gasteiger partial charge in [0.2, 0.25) is 0 Å². The van der Waals surface area contributed by atoms with E-state index in [0.717, 1.165) is 35.6 Å². The van der Waals surface area contributed by atoms with Gasteiger partial charge in [-0.3, -0.25) is 9.69 Å². The molecule has 0 unspecified atom stereocenters. The first-order valence-electron chi connectivity index (χ1n) is 13.7. The standard InChI is InChI=1S/C33H30ClF4NO4S/c1-44(41,42)31-19-26(18-30(35)28(31)22-40)43-17-9-16-39(20-25-14-8-15-29(32(25)34)33(36,37)38)21-27(23-10-4-2-5-11-23)24-12-6-3-7-13-24/h2-8,10-15,18-19,22,27H,9,16-17,20-21H2,1H3. The predicted molar refractivity (Wildman–Crippen MR) is 161 cm³/mol. The van der Waals surface area contributed by atoms with E-state index in [-0.39, 0.29) is 36.1 Å². The van der Waals surface area contributed by atoms with Crippen LogP contribution in [-0.4, -0.2) is 45.6 Å². The number of halogens is 5. The van der Waals surface area contributed by atoms with E-state index in [1.54, 1.807) is 6.07 Å². The summed E-state index contributed by atoms with van der Waals surface area (Å²) in [5.74, 6) is -1.20. The van der Waals surface area contributed by atoms with Gasteiger partial charge in [0, 0.05) is 37.9 Å². The van der Waals surface area contributed by atoms with Crippen molar-refractivity contribution in [3.63, 3.8) is 0 Å². The Morgan fingerprint density at radius 1 is 0.932 bits per heavy atom. The highest BCUT2D eigenvalue weighted by Crippen LogP contribution is 2.37. The summed E-state index contributed by atoms with van der Waals surface area (Å²) in [4.78, 5) is 12.8. The van der Waals surface area contributed by atoms with E-state index >= 15 is 0 Å². The van der Waals surface area contributed by atoms with Crippen LogP contribution in [0.2, 0.25) is 5.02 Å². The normalized spacial score (nSPS) is 12.1. The van der Waals surface area contributed by atoms with E-state index < -0.39 is 37.9 Å². The van der Waals surface area contributed by atoms with Crippen LogP contribution < -0.4 is 4.74 Å². The van der Waals surface area contributed by atoms with Crippen LogP contribution >= 0.6 is 11.6 Å². The zero-order valence-corrected chi connectivity index (χ0v) is 25.3. The lowest BCUT2D eigenvalue weighted by Gasteiger charge is -2.29. The minimum atomic E-state index is -4.61. The molecule has 11 heteroatoms. The molecule has 0 saturated carbocycles. The maximum atomic E-state index is 14.5. The van der Waals surface area contributed by atoms with Gasteiger partial charge in [-0.05, 0) is 35.2 Å². The Balaban J connectivity index is 1.59. The summed E-state index contributed by atoms with van der Waals surface area (Å²) in [5.41, 5.74) is 0.872. The fourth-order valence-electron chi connectivity index (χ4n) is 4.98. The average Bonchev–Trinajstić information content (AvgIpc) is 2.98. The van der Waals surface area contributed by atoms with E-state index in [1.165, 1.54) is 6.07 Å². The lowest BCUT2D eigenvalue weighted by Crippen LogP contribution is -2.31. The molecular weight excluding hydrogens is 618 g/mol. The van der Waals surface area contributed by atoms with Crippen molar-refractivity contribution in [2.45, 2.75) is 30.0 Å². The Kier molecular flexibility index (Phi) is 10.8. The van der Waals surface area contributed by atoms with Crippen LogP contribution in [0.1, 0.15) is 45.0 Å². The van der Waals surface area contributed by atoms with E-state index in [0.29, 0.717) is 25.1 Å². The largest absolute Gasteiger partial charge is 0.493 e. The molecule has 0 heterocycles. The predicted octanol–water partition coefficient (Wildman–Crippen LogP) is 7.82. The Labute approximate surface area is 259 Å². The molecule has 4 rings (SSSR count). The number of sulfone groups is 1. The molecule has 4 aromatic carbocycles. The second-order valence-corrected chi connectivity index (χ2v) is 12.7. The molecule has 4 aromatic rings. The average molecular weight is 648 g/mol. The van der Waals surface area contributed by atoms with Crippen LogP contribution in [0.3, 0.4) is 0 Å². The lowest BCUT2D eigenvalue weighted by atomic mass is 9.90. The minimum absolute atomic E-state index is 0.0389. The van der Waals surface area contributed by atoms with Gasteiger partial charge in [0.05, 0.1) is 27.7 Å². The molecule has 0 aromatic heterocycles. The summed E-state index contributed by atoms with van der Waals surface area (Å²) in [6, 6.07) is 25.4. The zero-order valence-electron chi connectivity index (χ0n) is 23.7. The molecule has 0 saturated heterocycles. The summed E-state index contributed by atoms with van der Waals surface area (Å²) in [5, 5.41) is -0.365. The van der Waals surface area contributed by atoms with Crippen molar-refractivity contribution in [2.75, 3.05) is 26.0 Å². The molecule has 0 atom stereocenters. The first-order valence-corrected chi connectivity index (χ1v) is 15.9. The number of alkyl halides is 3. The smallest absolute Gasteiger partial charge is 0.417 e. The molecule has 0 aliphatic carbocycles. The monoisotopic (exact) mass is 647 g/mol. The molecule has 0 aliphatic heterocycles. The van der Waals surface area contributed by atoms with Crippen molar-refractivity contribution in [1.82, 2.24) is 4.90 Å². The van der Waals surface area contributed by atoms with E-state index in [4.69, 9.17) is 16.3 Å². The molecule has 0 N–H and O–H groups in total. The van der Waals surface area contributed by atoms with Gasteiger partial charge in [0.15, 0.2) is 16.1 Å². The van der Waals surface area contributed by atoms with Gasteiger partial charge in [0.1, 0.15) is 11.6 Å². The third-order valence-corrected chi connectivity index (χ3v) is 8.68. The van der Waals surface area contributed by atoms with Gasteiger partial charge in [-0.1, -0.05) is 84.4 Å². The Morgan fingerprint density at radius 2 is 1.55 bits per heavy atom. The van der Waals surface area contributed by atoms with Crippen molar-refractivity contribution in [1.29, 1.82) is 0 Å². The fourth-order valence-corrected chi connectivity index (χ4v) is 6.15. The number of hydrogen-bond donors (Lipinski definition) is 0. The minimum Gasteiger partial charge on any atom is -0.493 e. The van der Waals surface area contributed by atoms with Gasteiger partial charge in [0.25, 0.3) is 0 Å². The van der Waals surface area contributed by atoms with Gasteiger partial charge in [-0.2, -0.15) is 13.2 Å². The van der Waals surface area contributed by atoms with Gasteiger partial charge >= 0.3 is 6.18 Å². The lowest BCUT2D eigenvalue weighted by molar-refractivity contribution is -0.137. The molecule has 0 spiro atoms. The first-order chi connectivity index (χ1) is 20.9. The van der Waals surface area contributed by atoms with Gasteiger partial charge in [-0.25, -0.2) is 12.8 Å². The number of benzene rings is 4. The van der Waals surface area contributed by atoms with Crippen molar-refractivity contribution in [3.05, 3.63) is 130 Å². The third-order valence-electron chi connectivity index (χ3n) is 7.09. The number of hydrogen-bond acceptors (Lipinski definition) is 5. The maximum absolute atomic E-state index is 14.5. The second-order valence-electron chi connectivity index (χ2n) is 10.3. The second kappa shape index (κ2) is 14.4. The van der Waals surface area contributed by atoms with Crippen molar-refractivity contribution in [2.24, 2.45) is 0 Å². The molecule has 0 radical (unpaired) electrons. The Morgan fingerprint density at radius 3 is 2.09 bits per heavy atom. The summed E-state index contributed by atoms with van der Waals surface area (Å²) in [6.07, 6.45) is -3.24. The summed E-state index contributed by atoms with van der Waals surface area (Å²) >= 11 is 6.26. The summed E-state index contributed by atoms with van der Waals surface area (Å²) < 4.78 is 85.1. The Hall–Kier alpha value is -3.73. The van der Waals surface area contributed by atoms with Crippen LogP contribution in [0.4, 0.5) is 17.6 Å². The number of nitrogens with zero attached hydrogens (tertiary/aromatic N) is 1. The number of aldehydes is 1. The van der Waals surface area contributed by atoms with Gasteiger partial charge in [-0.15, -0.1) is 0 Å². The highest BCUT2D eigenvalue weighted by molar-refractivity contribution is 7.90. The fraction of sp³-hybridized carbons (Fsp3) is 0.242. The van der Waals surface area contributed by atoms with E-state index in [2.05, 4.69) is 0 Å². The topological polar surface area (TPSA) is 63.7 Å². The van der Waals surface area contributed by atoms with E-state index in [1.807, 2.05) is 65.6 Å².